The van der Waals surface area contributed by atoms with Gasteiger partial charge in [0, 0.05) is 0 Å². The van der Waals surface area contributed by atoms with Gasteiger partial charge in [0.05, 0.1) is 31.0 Å². The SMILES string of the molecule is COC(=O)Cc1ncc(OC(F)(F)F)c(CF)c1O. The maximum absolute atomic E-state index is 12.7. The van der Waals surface area contributed by atoms with Crippen LogP contribution in [-0.4, -0.2) is 29.5 Å². The lowest BCUT2D eigenvalue weighted by Gasteiger charge is -2.14. The van der Waals surface area contributed by atoms with E-state index in [4.69, 9.17) is 0 Å². The number of pyridine rings is 1. The van der Waals surface area contributed by atoms with Crippen molar-refractivity contribution in [1.29, 1.82) is 0 Å². The van der Waals surface area contributed by atoms with Crippen molar-refractivity contribution < 1.29 is 36.9 Å². The van der Waals surface area contributed by atoms with E-state index in [0.717, 1.165) is 7.11 Å². The van der Waals surface area contributed by atoms with E-state index >= 15 is 0 Å². The van der Waals surface area contributed by atoms with Gasteiger partial charge >= 0.3 is 12.3 Å². The number of ether oxygens (including phenoxy) is 2. The molecule has 0 bridgehead atoms. The van der Waals surface area contributed by atoms with Gasteiger partial charge in [-0.05, 0) is 0 Å². The number of nitrogens with zero attached hydrogens (tertiary/aromatic N) is 1. The highest BCUT2D eigenvalue weighted by Gasteiger charge is 2.33. The molecule has 19 heavy (non-hydrogen) atoms. The van der Waals surface area contributed by atoms with Gasteiger partial charge in [0.2, 0.25) is 0 Å². The molecule has 0 aliphatic heterocycles. The molecular formula is C10H9F4NO4. The van der Waals surface area contributed by atoms with Crippen LogP contribution < -0.4 is 4.74 Å². The predicted molar refractivity (Wildman–Crippen MR) is 53.1 cm³/mol. The van der Waals surface area contributed by atoms with Gasteiger partial charge in [-0.2, -0.15) is 0 Å². The highest BCUT2D eigenvalue weighted by molar-refractivity contribution is 5.73. The van der Waals surface area contributed by atoms with Crippen LogP contribution in [0.2, 0.25) is 0 Å². The van der Waals surface area contributed by atoms with Gasteiger partial charge in [0.25, 0.3) is 0 Å². The predicted octanol–water partition coefficient (Wildman–Crippen LogP) is 1.87. The van der Waals surface area contributed by atoms with Gasteiger partial charge in [-0.15, -0.1) is 13.2 Å². The topological polar surface area (TPSA) is 68.7 Å². The van der Waals surface area contributed by atoms with E-state index in [9.17, 15) is 27.5 Å². The van der Waals surface area contributed by atoms with Gasteiger partial charge < -0.3 is 14.6 Å². The zero-order chi connectivity index (χ0) is 14.6. The Hall–Kier alpha value is -2.06. The molecule has 1 rings (SSSR count). The maximum Gasteiger partial charge on any atom is 0.573 e. The fraction of sp³-hybridized carbons (Fsp3) is 0.400. The Bertz CT molecular complexity index is 475. The van der Waals surface area contributed by atoms with E-state index in [2.05, 4.69) is 14.5 Å². The summed E-state index contributed by atoms with van der Waals surface area (Å²) in [6.07, 6.45) is -4.95. The Morgan fingerprint density at radius 2 is 2.11 bits per heavy atom. The van der Waals surface area contributed by atoms with Crippen molar-refractivity contribution in [3.8, 4) is 11.5 Å². The third kappa shape index (κ3) is 3.97. The van der Waals surface area contributed by atoms with Crippen LogP contribution in [0.4, 0.5) is 17.6 Å². The number of hydrogen-bond acceptors (Lipinski definition) is 5. The van der Waals surface area contributed by atoms with Crippen LogP contribution in [0.5, 0.6) is 11.5 Å². The van der Waals surface area contributed by atoms with Crippen LogP contribution in [0.15, 0.2) is 6.20 Å². The number of carbonyl (C=O) groups is 1. The monoisotopic (exact) mass is 283 g/mol. The summed E-state index contributed by atoms with van der Waals surface area (Å²) in [4.78, 5) is 14.4. The molecule has 106 valence electrons. The normalized spacial score (nSPS) is 11.2. The first-order valence-electron chi connectivity index (χ1n) is 4.86. The zero-order valence-electron chi connectivity index (χ0n) is 9.62. The lowest BCUT2D eigenvalue weighted by atomic mass is 10.1. The molecule has 5 nitrogen and oxygen atoms in total. The number of alkyl halides is 4. The minimum absolute atomic E-state index is 0.297. The minimum Gasteiger partial charge on any atom is -0.505 e. The number of halogens is 4. The highest BCUT2D eigenvalue weighted by atomic mass is 19.4. The highest BCUT2D eigenvalue weighted by Crippen LogP contribution is 2.34. The summed E-state index contributed by atoms with van der Waals surface area (Å²) in [6, 6.07) is 0. The summed E-state index contributed by atoms with van der Waals surface area (Å²) in [5.41, 5.74) is -1.03. The quantitative estimate of drug-likeness (QED) is 0.675. The Labute approximate surface area is 104 Å². The molecule has 0 saturated carbocycles. The fourth-order valence-electron chi connectivity index (χ4n) is 1.25. The third-order valence-corrected chi connectivity index (χ3v) is 2.09. The van der Waals surface area contributed by atoms with Crippen LogP contribution in [-0.2, 0) is 22.6 Å². The van der Waals surface area contributed by atoms with Crippen molar-refractivity contribution in [3.63, 3.8) is 0 Å². The lowest BCUT2D eigenvalue weighted by Crippen LogP contribution is -2.18. The lowest BCUT2D eigenvalue weighted by molar-refractivity contribution is -0.275. The first kappa shape index (κ1) is 15.0. The number of hydrogen-bond donors (Lipinski definition) is 1. The fourth-order valence-corrected chi connectivity index (χ4v) is 1.25. The number of rotatable bonds is 4. The number of aromatic hydroxyl groups is 1. The van der Waals surface area contributed by atoms with Crippen molar-refractivity contribution in [3.05, 3.63) is 17.5 Å². The van der Waals surface area contributed by atoms with Crippen LogP contribution in [0, 0.1) is 0 Å². The third-order valence-electron chi connectivity index (χ3n) is 2.09. The molecule has 0 spiro atoms. The standard InChI is InChI=1S/C10H9F4NO4/c1-18-8(16)2-6-9(17)5(3-11)7(4-15-6)19-10(12,13)14/h4,17H,2-3H2,1H3. The average molecular weight is 283 g/mol. The molecule has 0 amide bonds. The number of aromatic nitrogens is 1. The van der Waals surface area contributed by atoms with Gasteiger partial charge in [0.15, 0.2) is 5.75 Å². The van der Waals surface area contributed by atoms with Gasteiger partial charge in [-0.1, -0.05) is 0 Å². The van der Waals surface area contributed by atoms with Crippen molar-refractivity contribution in [2.75, 3.05) is 7.11 Å². The van der Waals surface area contributed by atoms with Gasteiger partial charge in [-0.3, -0.25) is 9.78 Å². The Morgan fingerprint density at radius 1 is 1.47 bits per heavy atom. The molecular weight excluding hydrogens is 274 g/mol. The minimum atomic E-state index is -5.04. The van der Waals surface area contributed by atoms with Crippen molar-refractivity contribution >= 4 is 5.97 Å². The molecule has 0 aliphatic carbocycles. The van der Waals surface area contributed by atoms with E-state index in [1.807, 2.05) is 0 Å². The molecule has 0 radical (unpaired) electrons. The molecule has 0 saturated heterocycles. The summed E-state index contributed by atoms with van der Waals surface area (Å²) >= 11 is 0. The molecule has 1 aromatic rings. The number of methoxy groups -OCH3 is 1. The van der Waals surface area contributed by atoms with Crippen molar-refractivity contribution in [1.82, 2.24) is 4.98 Å². The second-order valence-corrected chi connectivity index (χ2v) is 3.33. The summed E-state index contributed by atoms with van der Waals surface area (Å²) in [7, 11) is 1.08. The van der Waals surface area contributed by atoms with E-state index in [-0.39, 0.29) is 5.69 Å². The molecule has 0 atom stereocenters. The smallest absolute Gasteiger partial charge is 0.505 e. The maximum atomic E-state index is 12.7. The molecule has 0 unspecified atom stereocenters. The molecule has 1 heterocycles. The largest absolute Gasteiger partial charge is 0.573 e. The number of carbonyl (C=O) groups excluding carboxylic acids is 1. The molecule has 9 heteroatoms. The zero-order valence-corrected chi connectivity index (χ0v) is 9.62. The van der Waals surface area contributed by atoms with Crippen molar-refractivity contribution in [2.45, 2.75) is 19.5 Å². The summed E-state index contributed by atoms with van der Waals surface area (Å²) in [6.45, 7) is -1.41. The van der Waals surface area contributed by atoms with Crippen molar-refractivity contribution in [2.24, 2.45) is 0 Å². The van der Waals surface area contributed by atoms with Crippen LogP contribution >= 0.6 is 0 Å². The first-order chi connectivity index (χ1) is 8.78. The molecule has 0 aromatic carbocycles. The van der Waals surface area contributed by atoms with Crippen LogP contribution in [0.1, 0.15) is 11.3 Å². The van der Waals surface area contributed by atoms with E-state index in [1.54, 1.807) is 0 Å². The summed E-state index contributed by atoms with van der Waals surface area (Å²) in [5.74, 6) is -2.60. The Morgan fingerprint density at radius 3 is 2.58 bits per heavy atom. The summed E-state index contributed by atoms with van der Waals surface area (Å²) in [5, 5.41) is 9.55. The summed E-state index contributed by atoms with van der Waals surface area (Å²) < 4.78 is 56.6. The molecule has 0 aliphatic rings. The Balaban J connectivity index is 3.12. The molecule has 0 fully saturated rings. The van der Waals surface area contributed by atoms with Crippen LogP contribution in [0.25, 0.3) is 0 Å². The number of esters is 1. The Kier molecular flexibility index (Phi) is 4.52. The van der Waals surface area contributed by atoms with Gasteiger partial charge in [0.1, 0.15) is 12.4 Å². The van der Waals surface area contributed by atoms with Gasteiger partial charge in [-0.25, -0.2) is 4.39 Å². The first-order valence-corrected chi connectivity index (χ1v) is 4.86. The van der Waals surface area contributed by atoms with E-state index < -0.39 is 42.5 Å². The van der Waals surface area contributed by atoms with Crippen LogP contribution in [0.3, 0.4) is 0 Å². The van der Waals surface area contributed by atoms with E-state index in [1.165, 1.54) is 0 Å². The molecule has 1 N–H and O–H groups in total. The second-order valence-electron chi connectivity index (χ2n) is 3.33. The average Bonchev–Trinajstić information content (AvgIpc) is 2.31. The van der Waals surface area contributed by atoms with E-state index in [0.29, 0.717) is 6.20 Å². The second kappa shape index (κ2) is 5.72. The molecule has 1 aromatic heterocycles.